The molecule has 0 unspecified atom stereocenters. The Bertz CT molecular complexity index is 917. The second kappa shape index (κ2) is 8.63. The second-order valence-corrected chi connectivity index (χ2v) is 8.05. The summed E-state index contributed by atoms with van der Waals surface area (Å²) in [4.78, 5) is 21.6. The first kappa shape index (κ1) is 18.8. The van der Waals surface area contributed by atoms with Crippen molar-refractivity contribution in [3.8, 4) is 0 Å². The molecule has 0 saturated carbocycles. The standard InChI is InChI=1S/C22H22FN3OS/c23-18-6-4-16(5-7-18)15-26(12-9-19-3-1-2-10-25-19)22(27)21-13-17-14-24-11-8-20(17)28-21/h1-7,10,13,24H,8-9,11-12,14-15H2. The largest absolute Gasteiger partial charge is 0.333 e. The van der Waals surface area contributed by atoms with E-state index in [0.29, 0.717) is 19.5 Å². The number of rotatable bonds is 6. The van der Waals surface area contributed by atoms with E-state index >= 15 is 0 Å². The number of thiophene rings is 1. The molecule has 0 saturated heterocycles. The maximum atomic E-state index is 13.3. The third kappa shape index (κ3) is 4.46. The molecule has 144 valence electrons. The number of hydrogen-bond acceptors (Lipinski definition) is 4. The zero-order valence-corrected chi connectivity index (χ0v) is 16.3. The van der Waals surface area contributed by atoms with Gasteiger partial charge in [0.15, 0.2) is 0 Å². The Morgan fingerprint density at radius 3 is 2.82 bits per heavy atom. The number of amides is 1. The van der Waals surface area contributed by atoms with E-state index in [0.717, 1.165) is 35.6 Å². The number of pyridine rings is 1. The molecule has 3 aromatic rings. The Hall–Kier alpha value is -2.57. The molecule has 0 radical (unpaired) electrons. The number of aromatic nitrogens is 1. The normalized spacial score (nSPS) is 13.2. The van der Waals surface area contributed by atoms with E-state index in [2.05, 4.69) is 10.3 Å². The molecule has 6 heteroatoms. The molecule has 28 heavy (non-hydrogen) atoms. The lowest BCUT2D eigenvalue weighted by Crippen LogP contribution is -2.32. The summed E-state index contributed by atoms with van der Waals surface area (Å²) in [6.45, 7) is 2.80. The predicted molar refractivity (Wildman–Crippen MR) is 109 cm³/mol. The highest BCUT2D eigenvalue weighted by Gasteiger charge is 2.22. The summed E-state index contributed by atoms with van der Waals surface area (Å²) < 4.78 is 13.3. The first-order valence-electron chi connectivity index (χ1n) is 9.45. The Balaban J connectivity index is 1.54. The third-order valence-electron chi connectivity index (χ3n) is 4.89. The van der Waals surface area contributed by atoms with E-state index in [4.69, 9.17) is 0 Å². The average Bonchev–Trinajstić information content (AvgIpc) is 3.17. The van der Waals surface area contributed by atoms with Crippen LogP contribution in [0.5, 0.6) is 0 Å². The molecular formula is C22H22FN3OS. The van der Waals surface area contributed by atoms with E-state index < -0.39 is 0 Å². The topological polar surface area (TPSA) is 45.2 Å². The van der Waals surface area contributed by atoms with Gasteiger partial charge in [0.05, 0.1) is 4.88 Å². The van der Waals surface area contributed by atoms with Crippen LogP contribution in [0.15, 0.2) is 54.7 Å². The van der Waals surface area contributed by atoms with Crippen LogP contribution in [0.25, 0.3) is 0 Å². The number of nitrogens with one attached hydrogen (secondary N) is 1. The van der Waals surface area contributed by atoms with Crippen molar-refractivity contribution in [1.82, 2.24) is 15.2 Å². The van der Waals surface area contributed by atoms with E-state index in [1.165, 1.54) is 22.6 Å². The van der Waals surface area contributed by atoms with Crippen LogP contribution in [-0.4, -0.2) is 28.9 Å². The van der Waals surface area contributed by atoms with Gasteiger partial charge in [-0.1, -0.05) is 18.2 Å². The van der Waals surface area contributed by atoms with Crippen molar-refractivity contribution in [3.05, 3.63) is 87.1 Å². The van der Waals surface area contributed by atoms with Crippen molar-refractivity contribution in [1.29, 1.82) is 0 Å². The van der Waals surface area contributed by atoms with Crippen molar-refractivity contribution < 1.29 is 9.18 Å². The van der Waals surface area contributed by atoms with Crippen LogP contribution >= 0.6 is 11.3 Å². The van der Waals surface area contributed by atoms with E-state index in [-0.39, 0.29) is 11.7 Å². The summed E-state index contributed by atoms with van der Waals surface area (Å²) in [5.74, 6) is -0.242. The number of carbonyl (C=O) groups excluding carboxylic acids is 1. The van der Waals surface area contributed by atoms with Gasteiger partial charge in [-0.2, -0.15) is 0 Å². The maximum absolute atomic E-state index is 13.3. The summed E-state index contributed by atoms with van der Waals surface area (Å²) >= 11 is 1.60. The minimum atomic E-state index is -0.270. The molecule has 1 amide bonds. The van der Waals surface area contributed by atoms with Crippen molar-refractivity contribution in [3.63, 3.8) is 0 Å². The molecule has 0 spiro atoms. The fraction of sp³-hybridized carbons (Fsp3) is 0.273. The molecule has 1 N–H and O–H groups in total. The van der Waals surface area contributed by atoms with Crippen LogP contribution < -0.4 is 5.32 Å². The van der Waals surface area contributed by atoms with Gasteiger partial charge >= 0.3 is 0 Å². The molecule has 1 aliphatic rings. The third-order valence-corrected chi connectivity index (χ3v) is 6.11. The highest BCUT2D eigenvalue weighted by molar-refractivity contribution is 7.14. The molecule has 3 heterocycles. The van der Waals surface area contributed by atoms with Gasteiger partial charge in [-0.15, -0.1) is 11.3 Å². The number of carbonyl (C=O) groups is 1. The Morgan fingerprint density at radius 1 is 1.21 bits per heavy atom. The monoisotopic (exact) mass is 395 g/mol. The van der Waals surface area contributed by atoms with Gasteiger partial charge < -0.3 is 10.2 Å². The predicted octanol–water partition coefficient (Wildman–Crippen LogP) is 3.81. The summed E-state index contributed by atoms with van der Waals surface area (Å²) in [5.41, 5.74) is 3.10. The maximum Gasteiger partial charge on any atom is 0.264 e. The zero-order valence-electron chi connectivity index (χ0n) is 15.5. The molecule has 1 aromatic carbocycles. The van der Waals surface area contributed by atoms with Gasteiger partial charge in [-0.05, 0) is 47.9 Å². The van der Waals surface area contributed by atoms with Gasteiger partial charge in [0.1, 0.15) is 5.82 Å². The second-order valence-electron chi connectivity index (χ2n) is 6.91. The number of halogens is 1. The van der Waals surface area contributed by atoms with Crippen molar-refractivity contribution in [2.24, 2.45) is 0 Å². The molecule has 0 aliphatic carbocycles. The van der Waals surface area contributed by atoms with E-state index in [1.54, 1.807) is 29.7 Å². The molecule has 4 rings (SSSR count). The first-order valence-corrected chi connectivity index (χ1v) is 10.3. The highest BCUT2D eigenvalue weighted by Crippen LogP contribution is 2.27. The molecule has 0 bridgehead atoms. The van der Waals surface area contributed by atoms with Crippen molar-refractivity contribution in [2.45, 2.75) is 25.9 Å². The molecular weight excluding hydrogens is 373 g/mol. The van der Waals surface area contributed by atoms with Crippen LogP contribution in [0, 0.1) is 5.82 Å². The smallest absolute Gasteiger partial charge is 0.264 e. The fourth-order valence-electron chi connectivity index (χ4n) is 3.37. The van der Waals surface area contributed by atoms with Crippen LogP contribution in [0.3, 0.4) is 0 Å². The number of fused-ring (bicyclic) bond motifs is 1. The summed E-state index contributed by atoms with van der Waals surface area (Å²) in [6, 6.07) is 14.2. The first-order chi connectivity index (χ1) is 13.7. The van der Waals surface area contributed by atoms with Crippen LogP contribution in [-0.2, 0) is 25.9 Å². The SMILES string of the molecule is O=C(c1cc2c(s1)CCNC2)N(CCc1ccccn1)Cc1ccc(F)cc1. The summed E-state index contributed by atoms with van der Waals surface area (Å²) in [7, 11) is 0. The summed E-state index contributed by atoms with van der Waals surface area (Å²) in [6.07, 6.45) is 3.42. The average molecular weight is 396 g/mol. The number of nitrogens with zero attached hydrogens (tertiary/aromatic N) is 2. The van der Waals surface area contributed by atoms with Crippen LogP contribution in [0.2, 0.25) is 0 Å². The van der Waals surface area contributed by atoms with Gasteiger partial charge in [-0.25, -0.2) is 4.39 Å². The fourth-order valence-corrected chi connectivity index (χ4v) is 4.52. The molecule has 2 aromatic heterocycles. The van der Waals surface area contributed by atoms with Gasteiger partial charge in [0.2, 0.25) is 0 Å². The van der Waals surface area contributed by atoms with E-state index in [9.17, 15) is 9.18 Å². The Kier molecular flexibility index (Phi) is 5.78. The molecule has 0 fully saturated rings. The quantitative estimate of drug-likeness (QED) is 0.690. The van der Waals surface area contributed by atoms with E-state index in [1.807, 2.05) is 29.2 Å². The van der Waals surface area contributed by atoms with Crippen LogP contribution in [0.4, 0.5) is 4.39 Å². The Morgan fingerprint density at radius 2 is 2.07 bits per heavy atom. The van der Waals surface area contributed by atoms with Gasteiger partial charge in [-0.3, -0.25) is 9.78 Å². The molecule has 1 aliphatic heterocycles. The molecule has 4 nitrogen and oxygen atoms in total. The molecule has 0 atom stereocenters. The number of benzene rings is 1. The highest BCUT2D eigenvalue weighted by atomic mass is 32.1. The van der Waals surface area contributed by atoms with Gasteiger partial charge in [0, 0.05) is 49.4 Å². The summed E-state index contributed by atoms with van der Waals surface area (Å²) in [5, 5.41) is 3.35. The lowest BCUT2D eigenvalue weighted by Gasteiger charge is -2.22. The van der Waals surface area contributed by atoms with Crippen LogP contribution in [0.1, 0.15) is 31.4 Å². The minimum Gasteiger partial charge on any atom is -0.333 e. The Labute approximate surface area is 168 Å². The lowest BCUT2D eigenvalue weighted by molar-refractivity contribution is 0.0749. The zero-order chi connectivity index (χ0) is 19.3. The van der Waals surface area contributed by atoms with Crippen molar-refractivity contribution in [2.75, 3.05) is 13.1 Å². The van der Waals surface area contributed by atoms with Crippen molar-refractivity contribution >= 4 is 17.2 Å². The van der Waals surface area contributed by atoms with Gasteiger partial charge in [0.25, 0.3) is 5.91 Å². The lowest BCUT2D eigenvalue weighted by atomic mass is 10.1. The minimum absolute atomic E-state index is 0.0275. The number of hydrogen-bond donors (Lipinski definition) is 1.